The first-order valence-corrected chi connectivity index (χ1v) is 12.1. The molecule has 0 fully saturated rings. The number of Topliss-reactive ketones (excluding diaryl/α,β-unsaturated/α-hetero) is 2. The number of rotatable bonds is 3. The van der Waals surface area contributed by atoms with E-state index >= 15 is 0 Å². The second-order valence-corrected chi connectivity index (χ2v) is 9.20. The minimum absolute atomic E-state index is 0.199. The highest BCUT2D eigenvalue weighted by Crippen LogP contribution is 2.35. The third-order valence-electron chi connectivity index (χ3n) is 7.13. The Labute approximate surface area is 207 Å². The van der Waals surface area contributed by atoms with E-state index in [9.17, 15) is 9.59 Å². The minimum atomic E-state index is -0.224. The quantitative estimate of drug-likeness (QED) is 0.198. The Bertz CT molecular complexity index is 1860. The van der Waals surface area contributed by atoms with E-state index in [2.05, 4.69) is 34.9 Å². The number of carbonyl (C=O) groups is 2. The van der Waals surface area contributed by atoms with Gasteiger partial charge in [0.25, 0.3) is 0 Å². The summed E-state index contributed by atoms with van der Waals surface area (Å²) < 4.78 is 8.32. The Hall–Kier alpha value is -4.70. The van der Waals surface area contributed by atoms with E-state index in [0.717, 1.165) is 44.3 Å². The largest absolute Gasteiger partial charge is 0.454 e. The first kappa shape index (κ1) is 20.7. The number of nitrogens with zero attached hydrogens (tertiary/aromatic N) is 1. The molecule has 0 unspecified atom stereocenters. The summed E-state index contributed by atoms with van der Waals surface area (Å²) in [5, 5.41) is 4.25. The first-order valence-electron chi connectivity index (χ1n) is 12.1. The second-order valence-electron chi connectivity index (χ2n) is 9.20. The van der Waals surface area contributed by atoms with Crippen LogP contribution in [0.25, 0.3) is 50.0 Å². The van der Waals surface area contributed by atoms with Crippen LogP contribution >= 0.6 is 0 Å². The molecule has 0 spiro atoms. The van der Waals surface area contributed by atoms with Crippen LogP contribution in [0.3, 0.4) is 0 Å². The van der Waals surface area contributed by atoms with Gasteiger partial charge < -0.3 is 8.98 Å². The highest BCUT2D eigenvalue weighted by molar-refractivity contribution is 6.42. The monoisotopic (exact) mass is 467 g/mol. The van der Waals surface area contributed by atoms with Gasteiger partial charge in [-0.3, -0.25) is 9.59 Å². The minimum Gasteiger partial charge on any atom is -0.454 e. The zero-order valence-electron chi connectivity index (χ0n) is 19.6. The fraction of sp³-hybridized carbons (Fsp3) is 0.0625. The van der Waals surface area contributed by atoms with Gasteiger partial charge in [-0.1, -0.05) is 60.7 Å². The lowest BCUT2D eigenvalue weighted by Gasteiger charge is -2.04. The summed E-state index contributed by atoms with van der Waals surface area (Å²) in [4.78, 5) is 26.5. The van der Waals surface area contributed by atoms with Crippen molar-refractivity contribution in [3.05, 3.63) is 113 Å². The second kappa shape index (κ2) is 7.65. The standard InChI is InChI=1S/C32H21NO3/c1-2-33-24(16-27-31(34)25-14-21-9-5-6-10-22(21)15-26(25)32(27)35)17-30-28(33)18-29(36-30)23-12-11-19-7-3-4-8-20(19)13-23/h3-18H,2H2,1H3. The number of aromatic nitrogens is 1. The van der Waals surface area contributed by atoms with Crippen LogP contribution in [0.1, 0.15) is 33.3 Å². The Morgan fingerprint density at radius 2 is 1.33 bits per heavy atom. The number of benzene rings is 4. The van der Waals surface area contributed by atoms with Gasteiger partial charge in [0.2, 0.25) is 0 Å². The number of allylic oxidation sites excluding steroid dienone is 1. The average Bonchev–Trinajstić information content (AvgIpc) is 3.53. The van der Waals surface area contributed by atoms with Crippen molar-refractivity contribution in [1.29, 1.82) is 0 Å². The number of furan rings is 1. The van der Waals surface area contributed by atoms with E-state index in [-0.39, 0.29) is 17.1 Å². The summed E-state index contributed by atoms with van der Waals surface area (Å²) in [6.07, 6.45) is 1.71. The van der Waals surface area contributed by atoms with Crippen molar-refractivity contribution in [2.24, 2.45) is 0 Å². The number of hydrogen-bond acceptors (Lipinski definition) is 3. The Morgan fingerprint density at radius 3 is 1.97 bits per heavy atom. The topological polar surface area (TPSA) is 52.2 Å². The molecule has 172 valence electrons. The van der Waals surface area contributed by atoms with Crippen LogP contribution in [0.2, 0.25) is 0 Å². The SMILES string of the molecule is CCn1c(C=C2C(=O)c3cc4ccccc4cc3C2=O)cc2oc(-c3ccc4ccccc4c3)cc21. The van der Waals surface area contributed by atoms with E-state index < -0.39 is 0 Å². The molecule has 0 amide bonds. The number of carbonyl (C=O) groups excluding carboxylic acids is 2. The maximum Gasteiger partial charge on any atom is 0.197 e. The lowest BCUT2D eigenvalue weighted by Crippen LogP contribution is -2.03. The van der Waals surface area contributed by atoms with E-state index in [4.69, 9.17) is 4.42 Å². The van der Waals surface area contributed by atoms with Crippen molar-refractivity contribution in [3.63, 3.8) is 0 Å². The van der Waals surface area contributed by atoms with Crippen molar-refractivity contribution in [2.75, 3.05) is 0 Å². The average molecular weight is 468 g/mol. The molecule has 2 heterocycles. The van der Waals surface area contributed by atoms with Crippen LogP contribution in [0.4, 0.5) is 0 Å². The van der Waals surface area contributed by atoms with Crippen molar-refractivity contribution >= 4 is 50.3 Å². The van der Waals surface area contributed by atoms with Crippen LogP contribution in [0, 0.1) is 0 Å². The number of ketones is 2. The van der Waals surface area contributed by atoms with Crippen LogP contribution in [0.5, 0.6) is 0 Å². The molecule has 0 saturated carbocycles. The molecule has 0 radical (unpaired) electrons. The van der Waals surface area contributed by atoms with Gasteiger partial charge in [-0.25, -0.2) is 0 Å². The summed E-state index contributed by atoms with van der Waals surface area (Å²) >= 11 is 0. The van der Waals surface area contributed by atoms with Crippen LogP contribution in [0.15, 0.2) is 101 Å². The third-order valence-corrected chi connectivity index (χ3v) is 7.13. The van der Waals surface area contributed by atoms with E-state index in [1.807, 2.05) is 67.6 Å². The Kier molecular flexibility index (Phi) is 4.39. The summed E-state index contributed by atoms with van der Waals surface area (Å²) in [6.45, 7) is 2.72. The van der Waals surface area contributed by atoms with Crippen molar-refractivity contribution in [2.45, 2.75) is 13.5 Å². The molecule has 1 aliphatic carbocycles. The van der Waals surface area contributed by atoms with E-state index in [1.165, 1.54) is 5.39 Å². The molecule has 0 atom stereocenters. The molecular formula is C32H21NO3. The molecular weight excluding hydrogens is 446 g/mol. The summed E-state index contributed by atoms with van der Waals surface area (Å²) in [5.74, 6) is 0.343. The van der Waals surface area contributed by atoms with Gasteiger partial charge in [0, 0.05) is 41.1 Å². The smallest absolute Gasteiger partial charge is 0.197 e. The summed E-state index contributed by atoms with van der Waals surface area (Å²) in [6, 6.07) is 29.9. The van der Waals surface area contributed by atoms with E-state index in [0.29, 0.717) is 17.7 Å². The zero-order chi connectivity index (χ0) is 24.4. The molecule has 1 aliphatic rings. The van der Waals surface area contributed by atoms with Gasteiger partial charge in [-0.2, -0.15) is 0 Å². The predicted molar refractivity (Wildman–Crippen MR) is 143 cm³/mol. The Balaban J connectivity index is 1.31. The first-order chi connectivity index (χ1) is 17.6. The predicted octanol–water partition coefficient (Wildman–Crippen LogP) is 7.69. The molecule has 4 nitrogen and oxygen atoms in total. The van der Waals surface area contributed by atoms with Gasteiger partial charge >= 0.3 is 0 Å². The van der Waals surface area contributed by atoms with E-state index in [1.54, 1.807) is 6.08 Å². The zero-order valence-corrected chi connectivity index (χ0v) is 19.6. The third kappa shape index (κ3) is 3.01. The number of hydrogen-bond donors (Lipinski definition) is 0. The molecule has 36 heavy (non-hydrogen) atoms. The number of fused-ring (bicyclic) bond motifs is 4. The van der Waals surface area contributed by atoms with Crippen molar-refractivity contribution in [3.8, 4) is 11.3 Å². The van der Waals surface area contributed by atoms with Gasteiger partial charge in [-0.05, 0) is 52.7 Å². The van der Waals surface area contributed by atoms with Crippen molar-refractivity contribution < 1.29 is 14.0 Å². The molecule has 0 bridgehead atoms. The summed E-state index contributed by atoms with van der Waals surface area (Å²) in [7, 11) is 0. The van der Waals surface area contributed by atoms with Crippen LogP contribution in [-0.2, 0) is 6.54 Å². The van der Waals surface area contributed by atoms with Gasteiger partial charge in [0.05, 0.1) is 11.1 Å². The van der Waals surface area contributed by atoms with Crippen LogP contribution < -0.4 is 0 Å². The number of aryl methyl sites for hydroxylation is 1. The molecule has 0 N–H and O–H groups in total. The maximum absolute atomic E-state index is 13.2. The highest BCUT2D eigenvalue weighted by Gasteiger charge is 2.33. The molecule has 6 aromatic rings. The van der Waals surface area contributed by atoms with Gasteiger partial charge in [0.1, 0.15) is 5.76 Å². The highest BCUT2D eigenvalue weighted by atomic mass is 16.3. The molecule has 7 rings (SSSR count). The molecule has 0 aliphatic heterocycles. The maximum atomic E-state index is 13.2. The molecule has 4 heteroatoms. The van der Waals surface area contributed by atoms with Gasteiger partial charge in [-0.15, -0.1) is 0 Å². The van der Waals surface area contributed by atoms with Crippen LogP contribution in [-0.4, -0.2) is 16.1 Å². The molecule has 0 saturated heterocycles. The lowest BCUT2D eigenvalue weighted by atomic mass is 10.0. The fourth-order valence-corrected chi connectivity index (χ4v) is 5.31. The summed E-state index contributed by atoms with van der Waals surface area (Å²) in [5.41, 5.74) is 4.61. The lowest BCUT2D eigenvalue weighted by molar-refractivity contribution is 0.0990. The normalized spacial score (nSPS) is 13.3. The van der Waals surface area contributed by atoms with Gasteiger partial charge in [0.15, 0.2) is 17.1 Å². The van der Waals surface area contributed by atoms with Crippen molar-refractivity contribution in [1.82, 2.24) is 4.57 Å². The molecule has 2 aromatic heterocycles. The Morgan fingerprint density at radius 1 is 0.722 bits per heavy atom. The fourth-order valence-electron chi connectivity index (χ4n) is 5.31. The molecule has 4 aromatic carbocycles.